The van der Waals surface area contributed by atoms with Gasteiger partial charge in [0.25, 0.3) is 0 Å². The number of halogens is 1. The monoisotopic (exact) mass is 551 g/mol. The Labute approximate surface area is 240 Å². The first-order chi connectivity index (χ1) is 19.6. The van der Waals surface area contributed by atoms with Crippen molar-refractivity contribution < 1.29 is 4.74 Å². The summed E-state index contributed by atoms with van der Waals surface area (Å²) in [5.74, 6) is 1.61. The molecule has 0 radical (unpaired) electrons. The maximum absolute atomic E-state index is 6.29. The van der Waals surface area contributed by atoms with Crippen LogP contribution in [0.3, 0.4) is 0 Å². The van der Waals surface area contributed by atoms with E-state index in [1.807, 2.05) is 40.7 Å². The van der Waals surface area contributed by atoms with Crippen molar-refractivity contribution in [2.45, 2.75) is 38.0 Å². The lowest BCUT2D eigenvalue weighted by atomic mass is 9.68. The predicted octanol–water partition coefficient (Wildman–Crippen LogP) is 6.48. The van der Waals surface area contributed by atoms with E-state index in [1.54, 1.807) is 6.20 Å². The van der Waals surface area contributed by atoms with E-state index < -0.39 is 0 Å². The first-order valence-corrected chi connectivity index (χ1v) is 14.2. The topological polar surface area (TPSA) is 48.1 Å². The Bertz CT molecular complexity index is 1500. The summed E-state index contributed by atoms with van der Waals surface area (Å²) in [5, 5.41) is 5.56. The van der Waals surface area contributed by atoms with E-state index in [2.05, 4.69) is 82.8 Å². The van der Waals surface area contributed by atoms with E-state index >= 15 is 0 Å². The molecule has 0 spiro atoms. The predicted molar refractivity (Wildman–Crippen MR) is 158 cm³/mol. The number of rotatable bonds is 9. The molecule has 3 heterocycles. The Hall–Kier alpha value is -3.87. The van der Waals surface area contributed by atoms with E-state index in [1.165, 1.54) is 11.1 Å². The van der Waals surface area contributed by atoms with Crippen LogP contribution in [0.4, 0.5) is 0 Å². The third-order valence-corrected chi connectivity index (χ3v) is 8.32. The van der Waals surface area contributed by atoms with Crippen molar-refractivity contribution >= 4 is 11.6 Å². The zero-order valence-electron chi connectivity index (χ0n) is 22.8. The van der Waals surface area contributed by atoms with Crippen LogP contribution >= 0.6 is 11.6 Å². The van der Waals surface area contributed by atoms with Gasteiger partial charge in [0, 0.05) is 48.2 Å². The lowest BCUT2D eigenvalue weighted by Gasteiger charge is -2.42. The van der Waals surface area contributed by atoms with Crippen molar-refractivity contribution in [2.75, 3.05) is 13.1 Å². The lowest BCUT2D eigenvalue weighted by Crippen LogP contribution is -2.43. The van der Waals surface area contributed by atoms with Gasteiger partial charge in [0.15, 0.2) is 0 Å². The number of ether oxygens (including phenoxy) is 1. The number of imidazole rings is 1. The second kappa shape index (κ2) is 11.7. The van der Waals surface area contributed by atoms with Crippen molar-refractivity contribution in [1.29, 1.82) is 0 Å². The normalized spacial score (nSPS) is 15.2. The van der Waals surface area contributed by atoms with Crippen molar-refractivity contribution in [3.05, 3.63) is 137 Å². The van der Waals surface area contributed by atoms with Crippen LogP contribution in [0.25, 0.3) is 0 Å². The second-order valence-electron chi connectivity index (χ2n) is 10.6. The zero-order chi connectivity index (χ0) is 27.4. The fraction of sp³-hybridized carbons (Fsp3) is 0.273. The Morgan fingerprint density at radius 1 is 0.850 bits per heavy atom. The van der Waals surface area contributed by atoms with Crippen molar-refractivity contribution in [3.63, 3.8) is 0 Å². The fourth-order valence-corrected chi connectivity index (χ4v) is 5.96. The standard InChI is InChI=1S/C33H34ClN5O/c1-37-21-17-35-32(37)25-40-31-22-29(34)13-12-26(31)23-39-18-14-30(36-39)24-38-19-15-33(16-20-38,27-8-4-2-5-9-27)28-10-6-3-7-11-28/h2-14,17-18,21-22H,15-16,19-20,23-25H2,1H3. The summed E-state index contributed by atoms with van der Waals surface area (Å²) in [4.78, 5) is 6.88. The molecular formula is C33H34ClN5O. The fourth-order valence-electron chi connectivity index (χ4n) is 5.80. The van der Waals surface area contributed by atoms with E-state index in [0.717, 1.165) is 55.3 Å². The largest absolute Gasteiger partial charge is 0.485 e. The van der Waals surface area contributed by atoms with Crippen LogP contribution in [0.1, 0.15) is 41.1 Å². The first kappa shape index (κ1) is 26.4. The molecule has 0 amide bonds. The smallest absolute Gasteiger partial charge is 0.146 e. The number of benzene rings is 3. The average molecular weight is 552 g/mol. The Morgan fingerprint density at radius 2 is 1.55 bits per heavy atom. The number of likely N-dealkylation sites (tertiary alicyclic amines) is 1. The number of aryl methyl sites for hydroxylation is 1. The molecule has 1 fully saturated rings. The molecule has 7 heteroatoms. The van der Waals surface area contributed by atoms with Gasteiger partial charge >= 0.3 is 0 Å². The summed E-state index contributed by atoms with van der Waals surface area (Å²) >= 11 is 6.29. The molecule has 3 aromatic carbocycles. The van der Waals surface area contributed by atoms with Crippen LogP contribution in [0.2, 0.25) is 5.02 Å². The molecule has 6 rings (SSSR count). The van der Waals surface area contributed by atoms with Gasteiger partial charge in [-0.15, -0.1) is 0 Å². The first-order valence-electron chi connectivity index (χ1n) is 13.8. The molecule has 40 heavy (non-hydrogen) atoms. The van der Waals surface area contributed by atoms with Gasteiger partial charge < -0.3 is 9.30 Å². The van der Waals surface area contributed by atoms with Gasteiger partial charge in [0.2, 0.25) is 0 Å². The van der Waals surface area contributed by atoms with E-state index in [4.69, 9.17) is 21.4 Å². The van der Waals surface area contributed by atoms with Crippen molar-refractivity contribution in [3.8, 4) is 5.75 Å². The molecule has 0 N–H and O–H groups in total. The number of piperidine rings is 1. The van der Waals surface area contributed by atoms with Gasteiger partial charge in [-0.25, -0.2) is 4.98 Å². The molecule has 0 atom stereocenters. The molecular weight excluding hydrogens is 518 g/mol. The average Bonchev–Trinajstić information content (AvgIpc) is 3.62. The Balaban J connectivity index is 1.11. The van der Waals surface area contributed by atoms with Gasteiger partial charge in [0.1, 0.15) is 18.2 Å². The summed E-state index contributed by atoms with van der Waals surface area (Å²) in [6.07, 6.45) is 7.91. The van der Waals surface area contributed by atoms with Gasteiger partial charge in [-0.1, -0.05) is 78.3 Å². The van der Waals surface area contributed by atoms with Crippen LogP contribution in [-0.2, 0) is 32.2 Å². The lowest BCUT2D eigenvalue weighted by molar-refractivity contribution is 0.170. The molecule has 0 saturated carbocycles. The molecule has 1 aliphatic rings. The van der Waals surface area contributed by atoms with Gasteiger partial charge in [-0.2, -0.15) is 5.10 Å². The molecule has 0 bridgehead atoms. The summed E-state index contributed by atoms with van der Waals surface area (Å²) in [6.45, 7) is 3.88. The van der Waals surface area contributed by atoms with E-state index in [0.29, 0.717) is 18.2 Å². The Kier molecular flexibility index (Phi) is 7.71. The summed E-state index contributed by atoms with van der Waals surface area (Å²) in [6, 6.07) is 29.9. The van der Waals surface area contributed by atoms with E-state index in [-0.39, 0.29) is 5.41 Å². The minimum absolute atomic E-state index is 0.0539. The van der Waals surface area contributed by atoms with Crippen LogP contribution in [-0.4, -0.2) is 37.3 Å². The summed E-state index contributed by atoms with van der Waals surface area (Å²) < 4.78 is 10.1. The second-order valence-corrected chi connectivity index (χ2v) is 11.0. The van der Waals surface area contributed by atoms with Crippen molar-refractivity contribution in [2.24, 2.45) is 7.05 Å². The maximum atomic E-state index is 6.29. The molecule has 0 unspecified atom stereocenters. The van der Waals surface area contributed by atoms with Crippen LogP contribution in [0, 0.1) is 0 Å². The quantitative estimate of drug-likeness (QED) is 0.210. The number of hydrogen-bond donors (Lipinski definition) is 0. The summed E-state index contributed by atoms with van der Waals surface area (Å²) in [7, 11) is 1.96. The minimum Gasteiger partial charge on any atom is -0.485 e. The van der Waals surface area contributed by atoms with Gasteiger partial charge in [-0.05, 0) is 55.3 Å². The minimum atomic E-state index is 0.0539. The molecule has 5 aromatic rings. The molecule has 1 aliphatic heterocycles. The molecule has 2 aromatic heterocycles. The highest BCUT2D eigenvalue weighted by Gasteiger charge is 2.37. The number of aromatic nitrogens is 4. The highest BCUT2D eigenvalue weighted by Crippen LogP contribution is 2.41. The third-order valence-electron chi connectivity index (χ3n) is 8.08. The van der Waals surface area contributed by atoms with Crippen LogP contribution < -0.4 is 4.74 Å². The number of nitrogens with zero attached hydrogens (tertiary/aromatic N) is 5. The van der Waals surface area contributed by atoms with Crippen molar-refractivity contribution in [1.82, 2.24) is 24.2 Å². The molecule has 0 aliphatic carbocycles. The maximum Gasteiger partial charge on any atom is 0.146 e. The molecule has 6 nitrogen and oxygen atoms in total. The SMILES string of the molecule is Cn1ccnc1COc1cc(Cl)ccc1Cn1ccc(CN2CCC(c3ccccc3)(c3ccccc3)CC2)n1. The summed E-state index contributed by atoms with van der Waals surface area (Å²) in [5.41, 5.74) is 4.99. The zero-order valence-corrected chi connectivity index (χ0v) is 23.5. The Morgan fingerprint density at radius 3 is 2.20 bits per heavy atom. The molecule has 1 saturated heterocycles. The van der Waals surface area contributed by atoms with Gasteiger partial charge in [-0.3, -0.25) is 9.58 Å². The van der Waals surface area contributed by atoms with E-state index in [9.17, 15) is 0 Å². The number of hydrogen-bond acceptors (Lipinski definition) is 4. The van der Waals surface area contributed by atoms with Crippen LogP contribution in [0.15, 0.2) is 104 Å². The highest BCUT2D eigenvalue weighted by molar-refractivity contribution is 6.30. The highest BCUT2D eigenvalue weighted by atomic mass is 35.5. The van der Waals surface area contributed by atoms with Crippen LogP contribution in [0.5, 0.6) is 5.75 Å². The third kappa shape index (κ3) is 5.69. The molecule has 204 valence electrons. The van der Waals surface area contributed by atoms with Gasteiger partial charge in [0.05, 0.1) is 12.2 Å².